The van der Waals surface area contributed by atoms with Crippen molar-refractivity contribution in [3.05, 3.63) is 76.2 Å². The van der Waals surface area contributed by atoms with Gasteiger partial charge < -0.3 is 10.6 Å². The van der Waals surface area contributed by atoms with Crippen molar-refractivity contribution in [1.82, 2.24) is 9.88 Å². The maximum atomic E-state index is 13.3. The molecule has 2 aliphatic heterocycles. The summed E-state index contributed by atoms with van der Waals surface area (Å²) in [6.45, 7) is 4.04. The first kappa shape index (κ1) is 25.4. The van der Waals surface area contributed by atoms with Crippen LogP contribution in [0, 0.1) is 12.8 Å². The quantitative estimate of drug-likeness (QED) is 0.339. The van der Waals surface area contributed by atoms with Gasteiger partial charge in [0.05, 0.1) is 10.4 Å². The van der Waals surface area contributed by atoms with Gasteiger partial charge in [0.1, 0.15) is 10.1 Å². The number of piperidine rings is 1. The summed E-state index contributed by atoms with van der Waals surface area (Å²) >= 11 is 6.94. The molecule has 0 saturated carbocycles. The molecule has 2 N–H and O–H groups in total. The number of carbonyl (C=O) groups is 2. The number of hydrogen-bond acceptors (Lipinski definition) is 6. The van der Waals surface area contributed by atoms with Gasteiger partial charge in [0.25, 0.3) is 5.91 Å². The molecule has 37 heavy (non-hydrogen) atoms. The van der Waals surface area contributed by atoms with E-state index in [0.29, 0.717) is 41.7 Å². The molecule has 2 aliphatic rings. The molecule has 2 saturated heterocycles. The lowest BCUT2D eigenvalue weighted by atomic mass is 9.96. The Kier molecular flexibility index (Phi) is 7.58. The zero-order valence-corrected chi connectivity index (χ0v) is 22.5. The summed E-state index contributed by atoms with van der Waals surface area (Å²) in [7, 11) is 0. The standard InChI is InChI=1S/C29H30N4O2S2/c1-19-9-10-24-22(16-19)17-23(27(31-24)32-14-11-21(12-15-32)26(30)34)18-25-28(35)33(29(36)37-25)13-5-8-20-6-3-2-4-7-20/h2-4,6-7,9-10,16-18,21H,5,8,11-15H2,1H3,(H2,30,34)/b25-18-. The molecule has 1 aromatic heterocycles. The molecule has 0 radical (unpaired) electrons. The zero-order valence-electron chi connectivity index (χ0n) is 20.9. The minimum Gasteiger partial charge on any atom is -0.369 e. The largest absolute Gasteiger partial charge is 0.369 e. The summed E-state index contributed by atoms with van der Waals surface area (Å²) in [6, 6.07) is 18.6. The first-order valence-electron chi connectivity index (χ1n) is 12.6. The molecule has 0 spiro atoms. The minimum atomic E-state index is -0.238. The molecule has 0 aliphatic carbocycles. The van der Waals surface area contributed by atoms with E-state index in [9.17, 15) is 9.59 Å². The lowest BCUT2D eigenvalue weighted by Crippen LogP contribution is -2.39. The van der Waals surface area contributed by atoms with E-state index in [0.717, 1.165) is 40.7 Å². The molecular weight excluding hydrogens is 500 g/mol. The van der Waals surface area contributed by atoms with Crippen LogP contribution in [0.4, 0.5) is 5.82 Å². The van der Waals surface area contributed by atoms with Crippen LogP contribution < -0.4 is 10.6 Å². The number of thioether (sulfide) groups is 1. The van der Waals surface area contributed by atoms with Crippen molar-refractivity contribution in [2.24, 2.45) is 11.7 Å². The Labute approximate surface area is 226 Å². The van der Waals surface area contributed by atoms with Gasteiger partial charge in [0.15, 0.2) is 0 Å². The molecule has 3 aromatic rings. The number of carbonyl (C=O) groups excluding carboxylic acids is 2. The molecular formula is C29H30N4O2S2. The highest BCUT2D eigenvalue weighted by Gasteiger charge is 2.32. The van der Waals surface area contributed by atoms with E-state index in [1.807, 2.05) is 30.3 Å². The fourth-order valence-electron chi connectivity index (χ4n) is 4.96. The SMILES string of the molecule is Cc1ccc2nc(N3CCC(C(N)=O)CC3)c(/C=C3\SC(=S)N(CCCc4ccccc4)C3=O)cc2c1. The van der Waals surface area contributed by atoms with E-state index in [1.165, 1.54) is 17.3 Å². The molecule has 190 valence electrons. The predicted octanol–water partition coefficient (Wildman–Crippen LogP) is 5.08. The fraction of sp³-hybridized carbons (Fsp3) is 0.310. The lowest BCUT2D eigenvalue weighted by molar-refractivity contribution is -0.123. The van der Waals surface area contributed by atoms with E-state index < -0.39 is 0 Å². The molecule has 0 atom stereocenters. The number of hydrogen-bond donors (Lipinski definition) is 1. The van der Waals surface area contributed by atoms with Gasteiger partial charge in [0, 0.05) is 36.5 Å². The van der Waals surface area contributed by atoms with E-state index in [1.54, 1.807) is 4.90 Å². The van der Waals surface area contributed by atoms with Crippen LogP contribution in [0.15, 0.2) is 59.5 Å². The van der Waals surface area contributed by atoms with E-state index in [2.05, 4.69) is 42.2 Å². The number of aryl methyl sites for hydroxylation is 2. The minimum absolute atomic E-state index is 0.0502. The van der Waals surface area contributed by atoms with Crippen molar-refractivity contribution in [3.63, 3.8) is 0 Å². The summed E-state index contributed by atoms with van der Waals surface area (Å²) in [5, 5.41) is 1.03. The van der Waals surface area contributed by atoms with E-state index in [4.69, 9.17) is 22.9 Å². The topological polar surface area (TPSA) is 79.5 Å². The second-order valence-corrected chi connectivity index (χ2v) is 11.4. The van der Waals surface area contributed by atoms with Gasteiger partial charge in [-0.3, -0.25) is 14.5 Å². The number of nitrogens with zero attached hydrogens (tertiary/aromatic N) is 3. The number of primary amides is 1. The predicted molar refractivity (Wildman–Crippen MR) is 155 cm³/mol. The van der Waals surface area contributed by atoms with E-state index in [-0.39, 0.29) is 17.7 Å². The number of anilines is 1. The second kappa shape index (κ2) is 11.0. The summed E-state index contributed by atoms with van der Waals surface area (Å²) in [6.07, 6.45) is 5.08. The van der Waals surface area contributed by atoms with Crippen molar-refractivity contribution in [2.75, 3.05) is 24.5 Å². The van der Waals surface area contributed by atoms with Crippen molar-refractivity contribution in [1.29, 1.82) is 0 Å². The van der Waals surface area contributed by atoms with Gasteiger partial charge in [-0.2, -0.15) is 0 Å². The maximum Gasteiger partial charge on any atom is 0.266 e. The van der Waals surface area contributed by atoms with Gasteiger partial charge in [-0.25, -0.2) is 4.98 Å². The van der Waals surface area contributed by atoms with Crippen LogP contribution in [0.2, 0.25) is 0 Å². The summed E-state index contributed by atoms with van der Waals surface area (Å²) < 4.78 is 0.595. The molecule has 3 heterocycles. The smallest absolute Gasteiger partial charge is 0.266 e. The Balaban J connectivity index is 1.40. The molecule has 5 rings (SSSR count). The highest BCUT2D eigenvalue weighted by molar-refractivity contribution is 8.26. The second-order valence-electron chi connectivity index (χ2n) is 9.68. The van der Waals surface area contributed by atoms with Gasteiger partial charge in [-0.05, 0) is 62.4 Å². The maximum absolute atomic E-state index is 13.3. The first-order valence-corrected chi connectivity index (χ1v) is 13.9. The number of fused-ring (bicyclic) bond motifs is 1. The molecule has 2 amide bonds. The lowest BCUT2D eigenvalue weighted by Gasteiger charge is -2.32. The number of rotatable bonds is 7. The number of pyridine rings is 1. The summed E-state index contributed by atoms with van der Waals surface area (Å²) in [5.74, 6) is 0.437. The van der Waals surface area contributed by atoms with Crippen molar-refractivity contribution in [3.8, 4) is 0 Å². The molecule has 8 heteroatoms. The van der Waals surface area contributed by atoms with Crippen LogP contribution in [-0.2, 0) is 16.0 Å². The van der Waals surface area contributed by atoms with Gasteiger partial charge in [-0.1, -0.05) is 65.9 Å². The van der Waals surface area contributed by atoms with E-state index >= 15 is 0 Å². The Bertz CT molecular complexity index is 1380. The van der Waals surface area contributed by atoms with Crippen LogP contribution in [-0.4, -0.2) is 45.7 Å². The monoisotopic (exact) mass is 530 g/mol. The van der Waals surface area contributed by atoms with Crippen molar-refractivity contribution >= 4 is 62.9 Å². The van der Waals surface area contributed by atoms with Gasteiger partial charge in [-0.15, -0.1) is 0 Å². The Hall–Kier alpha value is -3.23. The van der Waals surface area contributed by atoms with Crippen LogP contribution in [0.3, 0.4) is 0 Å². The van der Waals surface area contributed by atoms with Crippen LogP contribution in [0.25, 0.3) is 17.0 Å². The number of thiocarbonyl (C=S) groups is 1. The van der Waals surface area contributed by atoms with Crippen LogP contribution >= 0.6 is 24.0 Å². The normalized spacial score (nSPS) is 17.8. The number of aromatic nitrogens is 1. The molecule has 2 fully saturated rings. The van der Waals surface area contributed by atoms with Crippen molar-refractivity contribution < 1.29 is 9.59 Å². The summed E-state index contributed by atoms with van der Waals surface area (Å²) in [4.78, 5) is 34.6. The van der Waals surface area contributed by atoms with Crippen LogP contribution in [0.5, 0.6) is 0 Å². The Morgan fingerprint density at radius 2 is 1.92 bits per heavy atom. The average Bonchev–Trinajstić information content (AvgIpc) is 3.16. The fourth-order valence-corrected chi connectivity index (χ4v) is 6.26. The average molecular weight is 531 g/mol. The molecule has 0 bridgehead atoms. The van der Waals surface area contributed by atoms with Crippen LogP contribution in [0.1, 0.15) is 36.0 Å². The number of amides is 2. The Morgan fingerprint density at radius 3 is 2.65 bits per heavy atom. The molecule has 6 nitrogen and oxygen atoms in total. The summed E-state index contributed by atoms with van der Waals surface area (Å²) in [5.41, 5.74) is 9.75. The highest BCUT2D eigenvalue weighted by atomic mass is 32.2. The first-order chi connectivity index (χ1) is 17.9. The third-order valence-corrected chi connectivity index (χ3v) is 8.40. The third-order valence-electron chi connectivity index (χ3n) is 7.03. The Morgan fingerprint density at radius 1 is 1.16 bits per heavy atom. The molecule has 2 aromatic carbocycles. The number of nitrogens with two attached hydrogens (primary N) is 1. The van der Waals surface area contributed by atoms with Gasteiger partial charge >= 0.3 is 0 Å². The number of benzene rings is 2. The zero-order chi connectivity index (χ0) is 25.9. The van der Waals surface area contributed by atoms with Gasteiger partial charge in [0.2, 0.25) is 5.91 Å². The third kappa shape index (κ3) is 5.70. The highest BCUT2D eigenvalue weighted by Crippen LogP contribution is 2.36. The van der Waals surface area contributed by atoms with Crippen molar-refractivity contribution in [2.45, 2.75) is 32.6 Å². The molecule has 0 unspecified atom stereocenters.